The largest absolute Gasteiger partial charge is 0.496 e. The highest BCUT2D eigenvalue weighted by Gasteiger charge is 2.25. The first-order valence-electron chi connectivity index (χ1n) is 12.9. The molecule has 1 aromatic heterocycles. The monoisotopic (exact) mass is 546 g/mol. The topological polar surface area (TPSA) is 153 Å². The maximum Gasteiger partial charge on any atom is 0.330 e. The molecular weight excluding hydrogens is 512 g/mol. The lowest BCUT2D eigenvalue weighted by atomic mass is 10.0. The lowest BCUT2D eigenvalue weighted by molar-refractivity contribution is -0.137. The third-order valence-electron chi connectivity index (χ3n) is 6.01. The zero-order valence-electron chi connectivity index (χ0n) is 22.5. The number of nitrogens with two attached hydrogens (primary N) is 1. The van der Waals surface area contributed by atoms with Gasteiger partial charge in [-0.2, -0.15) is 0 Å². The lowest BCUT2D eigenvalue weighted by Crippen LogP contribution is -2.50. The Hall–Kier alpha value is -4.86. The van der Waals surface area contributed by atoms with Crippen molar-refractivity contribution in [3.8, 4) is 17.0 Å². The molecule has 0 spiro atoms. The van der Waals surface area contributed by atoms with Gasteiger partial charge in [0.25, 0.3) is 5.91 Å². The van der Waals surface area contributed by atoms with Crippen LogP contribution in [-0.4, -0.2) is 54.5 Å². The van der Waals surface area contributed by atoms with E-state index in [-0.39, 0.29) is 31.6 Å². The molecule has 0 radical (unpaired) electrons. The van der Waals surface area contributed by atoms with Gasteiger partial charge in [0.05, 0.1) is 13.7 Å². The number of methoxy groups -OCH3 is 1. The van der Waals surface area contributed by atoms with Crippen molar-refractivity contribution < 1.29 is 28.7 Å². The summed E-state index contributed by atoms with van der Waals surface area (Å²) in [6.45, 7) is 1.88. The fourth-order valence-electron chi connectivity index (χ4n) is 4.03. The average Bonchev–Trinajstić information content (AvgIpc) is 3.45. The number of nitrogens with one attached hydrogen (secondary N) is 3. The SMILES string of the molecule is CCOC(=O)C=C[C@H](CCC(N)=O)NC(=O)[C@H](Cc1ccccc1)NC(=O)c1ccc(-c2ccccc2OC)[nH]1. The molecule has 0 unspecified atom stereocenters. The van der Waals surface area contributed by atoms with Gasteiger partial charge in [0, 0.05) is 36.2 Å². The van der Waals surface area contributed by atoms with Crippen molar-refractivity contribution in [1.82, 2.24) is 15.6 Å². The minimum absolute atomic E-state index is 0.0119. The van der Waals surface area contributed by atoms with E-state index in [0.29, 0.717) is 11.4 Å². The zero-order chi connectivity index (χ0) is 28.9. The van der Waals surface area contributed by atoms with Gasteiger partial charge in [-0.05, 0) is 43.2 Å². The molecule has 10 nitrogen and oxygen atoms in total. The Bertz CT molecular complexity index is 1330. The van der Waals surface area contributed by atoms with Gasteiger partial charge in [-0.1, -0.05) is 48.5 Å². The zero-order valence-corrected chi connectivity index (χ0v) is 22.5. The van der Waals surface area contributed by atoms with Crippen LogP contribution in [0.1, 0.15) is 35.8 Å². The molecule has 0 aliphatic carbocycles. The van der Waals surface area contributed by atoms with Crippen LogP contribution in [-0.2, 0) is 25.5 Å². The normalized spacial score (nSPS) is 12.3. The molecule has 210 valence electrons. The van der Waals surface area contributed by atoms with E-state index in [1.807, 2.05) is 54.6 Å². The fraction of sp³-hybridized carbons (Fsp3) is 0.267. The van der Waals surface area contributed by atoms with Crippen molar-refractivity contribution in [2.75, 3.05) is 13.7 Å². The number of esters is 1. The number of benzene rings is 2. The molecule has 40 heavy (non-hydrogen) atoms. The van der Waals surface area contributed by atoms with E-state index in [0.717, 1.165) is 11.1 Å². The van der Waals surface area contributed by atoms with Gasteiger partial charge in [-0.15, -0.1) is 0 Å². The second kappa shape index (κ2) is 14.9. The van der Waals surface area contributed by atoms with E-state index in [2.05, 4.69) is 15.6 Å². The highest BCUT2D eigenvalue weighted by Crippen LogP contribution is 2.28. The van der Waals surface area contributed by atoms with Gasteiger partial charge in [0.2, 0.25) is 11.8 Å². The third-order valence-corrected chi connectivity index (χ3v) is 6.01. The molecule has 2 aromatic carbocycles. The van der Waals surface area contributed by atoms with Crippen LogP contribution < -0.4 is 21.1 Å². The first-order valence-corrected chi connectivity index (χ1v) is 12.9. The van der Waals surface area contributed by atoms with Crippen molar-refractivity contribution in [3.05, 3.63) is 90.1 Å². The second-order valence-electron chi connectivity index (χ2n) is 8.93. The lowest BCUT2D eigenvalue weighted by Gasteiger charge is -2.22. The first-order chi connectivity index (χ1) is 19.3. The standard InChI is InChI=1S/C30H34N4O6/c1-3-40-28(36)18-14-21(13-17-27(31)35)32-30(38)25(19-20-9-5-4-6-10-20)34-29(37)24-16-15-23(33-24)22-11-7-8-12-26(22)39-2/h4-12,14-16,18,21,25,33H,3,13,17,19H2,1-2H3,(H2,31,35)(H,32,38)(H,34,37)/t21-,25-/m0/s1. The van der Waals surface area contributed by atoms with Gasteiger partial charge >= 0.3 is 5.97 Å². The molecule has 3 aromatic rings. The van der Waals surface area contributed by atoms with E-state index in [1.54, 1.807) is 26.2 Å². The third kappa shape index (κ3) is 8.87. The summed E-state index contributed by atoms with van der Waals surface area (Å²) in [7, 11) is 1.57. The van der Waals surface area contributed by atoms with Gasteiger partial charge in [-0.3, -0.25) is 14.4 Å². The maximum atomic E-state index is 13.4. The number of carbonyl (C=O) groups excluding carboxylic acids is 4. The molecule has 1 heterocycles. The second-order valence-corrected chi connectivity index (χ2v) is 8.93. The molecule has 3 amide bonds. The molecule has 3 rings (SSSR count). The van der Waals surface area contributed by atoms with Crippen molar-refractivity contribution in [2.45, 2.75) is 38.3 Å². The van der Waals surface area contributed by atoms with E-state index >= 15 is 0 Å². The number of primary amides is 1. The Labute approximate surface area is 232 Å². The van der Waals surface area contributed by atoms with Crippen LogP contribution in [0.25, 0.3) is 11.3 Å². The van der Waals surface area contributed by atoms with Crippen LogP contribution in [0.3, 0.4) is 0 Å². The number of aromatic nitrogens is 1. The summed E-state index contributed by atoms with van der Waals surface area (Å²) in [5.74, 6) is -1.44. The quantitative estimate of drug-likeness (QED) is 0.180. The Morgan fingerprint density at radius 2 is 1.70 bits per heavy atom. The van der Waals surface area contributed by atoms with E-state index < -0.39 is 35.8 Å². The van der Waals surface area contributed by atoms with Crippen LogP contribution in [0.5, 0.6) is 5.75 Å². The number of H-pyrrole nitrogens is 1. The molecule has 0 aliphatic heterocycles. The van der Waals surface area contributed by atoms with Crippen LogP contribution in [0, 0.1) is 0 Å². The van der Waals surface area contributed by atoms with E-state index in [9.17, 15) is 19.2 Å². The molecule has 0 bridgehead atoms. The molecule has 0 saturated carbocycles. The Morgan fingerprint density at radius 3 is 2.40 bits per heavy atom. The predicted octanol–water partition coefficient (Wildman–Crippen LogP) is 2.90. The van der Waals surface area contributed by atoms with Gasteiger partial charge in [0.15, 0.2) is 0 Å². The van der Waals surface area contributed by atoms with Gasteiger partial charge in [0.1, 0.15) is 17.5 Å². The first kappa shape index (κ1) is 29.7. The maximum absolute atomic E-state index is 13.4. The molecule has 5 N–H and O–H groups in total. The molecular formula is C30H34N4O6. The summed E-state index contributed by atoms with van der Waals surface area (Å²) in [5.41, 5.74) is 7.86. The number of ether oxygens (including phenoxy) is 2. The molecule has 10 heteroatoms. The summed E-state index contributed by atoms with van der Waals surface area (Å²) in [4.78, 5) is 53.0. The smallest absolute Gasteiger partial charge is 0.330 e. The minimum atomic E-state index is -0.958. The summed E-state index contributed by atoms with van der Waals surface area (Å²) in [6.07, 6.45) is 3.01. The van der Waals surface area contributed by atoms with Gasteiger partial charge in [-0.25, -0.2) is 4.79 Å². The van der Waals surface area contributed by atoms with E-state index in [4.69, 9.17) is 15.2 Å². The van der Waals surface area contributed by atoms with Crippen LogP contribution >= 0.6 is 0 Å². The van der Waals surface area contributed by atoms with E-state index in [1.165, 1.54) is 12.2 Å². The van der Waals surface area contributed by atoms with Crippen LogP contribution in [0.2, 0.25) is 0 Å². The number of hydrogen-bond acceptors (Lipinski definition) is 6. The Morgan fingerprint density at radius 1 is 0.975 bits per heavy atom. The molecule has 0 saturated heterocycles. The minimum Gasteiger partial charge on any atom is -0.496 e. The number of amides is 3. The summed E-state index contributed by atoms with van der Waals surface area (Å²) < 4.78 is 10.3. The molecule has 2 atom stereocenters. The van der Waals surface area contributed by atoms with Crippen LogP contribution in [0.15, 0.2) is 78.9 Å². The fourth-order valence-corrected chi connectivity index (χ4v) is 4.03. The number of aromatic amines is 1. The summed E-state index contributed by atoms with van der Waals surface area (Å²) in [5, 5.41) is 5.62. The number of carbonyl (C=O) groups is 4. The van der Waals surface area contributed by atoms with Crippen molar-refractivity contribution in [1.29, 1.82) is 0 Å². The number of rotatable bonds is 14. The number of hydrogen-bond donors (Lipinski definition) is 4. The predicted molar refractivity (Wildman–Crippen MR) is 150 cm³/mol. The van der Waals surface area contributed by atoms with Crippen molar-refractivity contribution in [2.24, 2.45) is 5.73 Å². The Balaban J connectivity index is 1.80. The summed E-state index contributed by atoms with van der Waals surface area (Å²) in [6, 6.07) is 18.4. The molecule has 0 fully saturated rings. The van der Waals surface area contributed by atoms with Gasteiger partial charge < -0.3 is 30.8 Å². The Kier molecular flexibility index (Phi) is 11.1. The van der Waals surface area contributed by atoms with Crippen molar-refractivity contribution in [3.63, 3.8) is 0 Å². The highest BCUT2D eigenvalue weighted by atomic mass is 16.5. The average molecular weight is 547 g/mol. The highest BCUT2D eigenvalue weighted by molar-refractivity contribution is 5.97. The number of para-hydroxylation sites is 1. The van der Waals surface area contributed by atoms with Crippen molar-refractivity contribution >= 4 is 23.7 Å². The summed E-state index contributed by atoms with van der Waals surface area (Å²) >= 11 is 0. The van der Waals surface area contributed by atoms with Crippen LogP contribution in [0.4, 0.5) is 0 Å². The molecule has 0 aliphatic rings.